The van der Waals surface area contributed by atoms with Crippen LogP contribution in [0.5, 0.6) is 0 Å². The Morgan fingerprint density at radius 2 is 2.04 bits per heavy atom. The number of carbonyl (C=O) groups excluding carboxylic acids is 2. The van der Waals surface area contributed by atoms with Crippen molar-refractivity contribution in [1.29, 1.82) is 0 Å². The summed E-state index contributed by atoms with van der Waals surface area (Å²) in [5.41, 5.74) is 1.24. The molecule has 0 aliphatic rings. The van der Waals surface area contributed by atoms with E-state index in [0.717, 1.165) is 17.2 Å². The molecule has 0 radical (unpaired) electrons. The van der Waals surface area contributed by atoms with E-state index < -0.39 is 5.97 Å². The van der Waals surface area contributed by atoms with E-state index in [9.17, 15) is 9.59 Å². The monoisotopic (exact) mass is 401 g/mol. The molecule has 27 heavy (non-hydrogen) atoms. The van der Waals surface area contributed by atoms with E-state index in [0.29, 0.717) is 12.1 Å². The number of thiophene rings is 1. The van der Waals surface area contributed by atoms with Crippen LogP contribution >= 0.6 is 23.1 Å². The molecule has 0 unspecified atom stereocenters. The summed E-state index contributed by atoms with van der Waals surface area (Å²) in [6.07, 6.45) is 3.50. The third-order valence-electron chi connectivity index (χ3n) is 3.60. The van der Waals surface area contributed by atoms with Crippen molar-refractivity contribution in [1.82, 2.24) is 15.1 Å². The van der Waals surface area contributed by atoms with Crippen molar-refractivity contribution in [3.63, 3.8) is 0 Å². The van der Waals surface area contributed by atoms with Gasteiger partial charge in [0.1, 0.15) is 0 Å². The molecule has 0 aliphatic heterocycles. The molecular weight excluding hydrogens is 382 g/mol. The number of ether oxygens (including phenoxy) is 1. The Labute approximate surface area is 165 Å². The molecule has 1 N–H and O–H groups in total. The van der Waals surface area contributed by atoms with Gasteiger partial charge in [-0.05, 0) is 41.8 Å². The highest BCUT2D eigenvalue weighted by Crippen LogP contribution is 2.16. The zero-order valence-electron chi connectivity index (χ0n) is 14.5. The van der Waals surface area contributed by atoms with Crippen LogP contribution in [0.2, 0.25) is 0 Å². The Morgan fingerprint density at radius 1 is 1.19 bits per heavy atom. The van der Waals surface area contributed by atoms with Crippen molar-refractivity contribution in [3.05, 3.63) is 70.7 Å². The zero-order chi connectivity index (χ0) is 18.9. The number of carbonyl (C=O) groups is 2. The average Bonchev–Trinajstić information content (AvgIpc) is 3.40. The third kappa shape index (κ3) is 5.97. The number of aromatic nitrogens is 2. The molecule has 0 spiro atoms. The molecule has 2 aromatic heterocycles. The lowest BCUT2D eigenvalue weighted by atomic mass is 10.2. The summed E-state index contributed by atoms with van der Waals surface area (Å²) in [7, 11) is 0. The van der Waals surface area contributed by atoms with Crippen LogP contribution in [0.1, 0.15) is 15.2 Å². The minimum absolute atomic E-state index is 0.282. The van der Waals surface area contributed by atoms with Gasteiger partial charge >= 0.3 is 5.97 Å². The van der Waals surface area contributed by atoms with E-state index in [1.54, 1.807) is 58.2 Å². The van der Waals surface area contributed by atoms with Crippen LogP contribution in [0.15, 0.2) is 60.2 Å². The maximum Gasteiger partial charge on any atom is 0.338 e. The van der Waals surface area contributed by atoms with Crippen LogP contribution in [0.25, 0.3) is 5.69 Å². The normalized spacial score (nSPS) is 10.5. The molecule has 3 rings (SSSR count). The molecule has 0 aliphatic carbocycles. The van der Waals surface area contributed by atoms with Gasteiger partial charge in [-0.2, -0.15) is 16.9 Å². The average molecular weight is 402 g/mol. The Morgan fingerprint density at radius 3 is 2.74 bits per heavy atom. The second-order valence-electron chi connectivity index (χ2n) is 5.56. The fourth-order valence-electron chi connectivity index (χ4n) is 2.27. The predicted octanol–water partition coefficient (Wildman–Crippen LogP) is 3.14. The minimum Gasteiger partial charge on any atom is -0.452 e. The van der Waals surface area contributed by atoms with E-state index in [4.69, 9.17) is 4.74 Å². The largest absolute Gasteiger partial charge is 0.452 e. The lowest BCUT2D eigenvalue weighted by Gasteiger charge is -2.07. The Kier molecular flexibility index (Phi) is 7.06. The van der Waals surface area contributed by atoms with E-state index in [1.807, 2.05) is 18.3 Å². The Hall–Kier alpha value is -2.58. The van der Waals surface area contributed by atoms with Crippen molar-refractivity contribution in [2.24, 2.45) is 0 Å². The van der Waals surface area contributed by atoms with E-state index in [-0.39, 0.29) is 12.5 Å². The molecule has 0 bridgehead atoms. The summed E-state index contributed by atoms with van der Waals surface area (Å²) in [5, 5.41) is 8.93. The van der Waals surface area contributed by atoms with E-state index in [1.165, 1.54) is 4.88 Å². The lowest BCUT2D eigenvalue weighted by molar-refractivity contribution is -0.124. The molecule has 0 fully saturated rings. The van der Waals surface area contributed by atoms with Gasteiger partial charge in [0.05, 0.1) is 11.3 Å². The van der Waals surface area contributed by atoms with Crippen LogP contribution in [0.3, 0.4) is 0 Å². The summed E-state index contributed by atoms with van der Waals surface area (Å²) in [6, 6.07) is 12.8. The first kappa shape index (κ1) is 19.2. The van der Waals surface area contributed by atoms with Crippen LogP contribution < -0.4 is 5.32 Å². The Bertz CT molecular complexity index is 847. The number of hydrogen-bond donors (Lipinski definition) is 1. The van der Waals surface area contributed by atoms with Crippen molar-refractivity contribution in [3.8, 4) is 5.69 Å². The highest BCUT2D eigenvalue weighted by molar-refractivity contribution is 7.98. The van der Waals surface area contributed by atoms with Gasteiger partial charge < -0.3 is 10.1 Å². The second kappa shape index (κ2) is 9.94. The first-order valence-electron chi connectivity index (χ1n) is 8.36. The molecule has 2 heterocycles. The van der Waals surface area contributed by atoms with Gasteiger partial charge in [-0.3, -0.25) is 4.79 Å². The van der Waals surface area contributed by atoms with Gasteiger partial charge in [0, 0.05) is 35.3 Å². The van der Waals surface area contributed by atoms with E-state index in [2.05, 4.69) is 21.9 Å². The molecule has 0 saturated heterocycles. The second-order valence-corrected chi connectivity index (χ2v) is 7.69. The highest BCUT2D eigenvalue weighted by Gasteiger charge is 2.10. The molecule has 0 saturated carbocycles. The molecule has 1 amide bonds. The number of benzene rings is 1. The standard InChI is InChI=1S/C19H19N3O3S2/c23-18(20-9-12-26-14-17-3-1-11-27-17)13-25-19(24)15-4-6-16(7-5-15)22-10-2-8-21-22/h1-8,10-11H,9,12-14H2,(H,20,23). The fraction of sp³-hybridized carbons (Fsp3) is 0.211. The van der Waals surface area contributed by atoms with Crippen molar-refractivity contribution in [2.45, 2.75) is 5.75 Å². The predicted molar refractivity (Wildman–Crippen MR) is 107 cm³/mol. The molecule has 1 aromatic carbocycles. The first-order chi connectivity index (χ1) is 13.2. The summed E-state index contributed by atoms with van der Waals surface area (Å²) in [4.78, 5) is 25.1. The quantitative estimate of drug-likeness (QED) is 0.440. The number of nitrogens with zero attached hydrogens (tertiary/aromatic N) is 2. The number of hydrogen-bond acceptors (Lipinski definition) is 6. The topological polar surface area (TPSA) is 73.2 Å². The van der Waals surface area contributed by atoms with Crippen LogP contribution in [-0.2, 0) is 15.3 Å². The summed E-state index contributed by atoms with van der Waals surface area (Å²) in [6.45, 7) is 0.264. The summed E-state index contributed by atoms with van der Waals surface area (Å²) in [5.74, 6) is 0.932. The molecule has 3 aromatic rings. The number of esters is 1. The number of nitrogens with one attached hydrogen (secondary N) is 1. The smallest absolute Gasteiger partial charge is 0.338 e. The summed E-state index contributed by atoms with van der Waals surface area (Å²) < 4.78 is 6.75. The van der Waals surface area contributed by atoms with Crippen LogP contribution in [-0.4, -0.2) is 40.6 Å². The van der Waals surface area contributed by atoms with Gasteiger partial charge in [-0.1, -0.05) is 6.07 Å². The van der Waals surface area contributed by atoms with Crippen molar-refractivity contribution >= 4 is 35.0 Å². The van der Waals surface area contributed by atoms with Gasteiger partial charge in [0.25, 0.3) is 5.91 Å². The van der Waals surface area contributed by atoms with Crippen LogP contribution in [0, 0.1) is 0 Å². The SMILES string of the molecule is O=C(COC(=O)c1ccc(-n2cccn2)cc1)NCCSCc1cccs1. The van der Waals surface area contributed by atoms with Gasteiger partial charge in [-0.15, -0.1) is 11.3 Å². The molecule has 8 heteroatoms. The molecule has 0 atom stereocenters. The van der Waals surface area contributed by atoms with Crippen LogP contribution in [0.4, 0.5) is 0 Å². The van der Waals surface area contributed by atoms with Gasteiger partial charge in [-0.25, -0.2) is 9.48 Å². The lowest BCUT2D eigenvalue weighted by Crippen LogP contribution is -2.30. The Balaban J connectivity index is 1.34. The number of thioether (sulfide) groups is 1. The number of rotatable bonds is 9. The third-order valence-corrected chi connectivity index (χ3v) is 5.67. The van der Waals surface area contributed by atoms with Crippen molar-refractivity contribution < 1.29 is 14.3 Å². The maximum absolute atomic E-state index is 12.0. The first-order valence-corrected chi connectivity index (χ1v) is 10.4. The summed E-state index contributed by atoms with van der Waals surface area (Å²) >= 11 is 3.48. The fourth-order valence-corrected chi connectivity index (χ4v) is 3.97. The molecule has 6 nitrogen and oxygen atoms in total. The molecular formula is C19H19N3O3S2. The van der Waals surface area contributed by atoms with Crippen molar-refractivity contribution in [2.75, 3.05) is 18.9 Å². The van der Waals surface area contributed by atoms with E-state index >= 15 is 0 Å². The van der Waals surface area contributed by atoms with Gasteiger partial charge in [0.15, 0.2) is 6.61 Å². The maximum atomic E-state index is 12.0. The minimum atomic E-state index is -0.524. The number of amides is 1. The molecule has 140 valence electrons. The van der Waals surface area contributed by atoms with Gasteiger partial charge in [0.2, 0.25) is 0 Å². The zero-order valence-corrected chi connectivity index (χ0v) is 16.2. The highest BCUT2D eigenvalue weighted by atomic mass is 32.2.